The zero-order valence-corrected chi connectivity index (χ0v) is 12.8. The first-order valence-electron chi connectivity index (χ1n) is 6.71. The number of nitrogens with zero attached hydrogens (tertiary/aromatic N) is 1. The van der Waals surface area contributed by atoms with E-state index in [0.717, 1.165) is 26.3 Å². The smallest absolute Gasteiger partial charge is 0.0589 e. The van der Waals surface area contributed by atoms with Crippen molar-refractivity contribution in [1.29, 1.82) is 0 Å². The van der Waals surface area contributed by atoms with Crippen LogP contribution in [0.25, 0.3) is 0 Å². The molecule has 5 heteroatoms. The lowest BCUT2D eigenvalue weighted by Crippen LogP contribution is -2.59. The maximum atomic E-state index is 6.05. The van der Waals surface area contributed by atoms with Gasteiger partial charge in [0.05, 0.1) is 13.2 Å². The average molecular weight is 276 g/mol. The molecule has 0 aromatic carbocycles. The molecule has 0 aliphatic heterocycles. The van der Waals surface area contributed by atoms with E-state index >= 15 is 0 Å². The molecule has 18 heavy (non-hydrogen) atoms. The van der Waals surface area contributed by atoms with Gasteiger partial charge in [-0.15, -0.1) is 0 Å². The highest BCUT2D eigenvalue weighted by Gasteiger charge is 2.45. The highest BCUT2D eigenvalue weighted by Crippen LogP contribution is 2.46. The Kier molecular flexibility index (Phi) is 7.56. The van der Waals surface area contributed by atoms with Crippen LogP contribution >= 0.6 is 11.8 Å². The summed E-state index contributed by atoms with van der Waals surface area (Å²) in [7, 11) is 3.50. The molecular formula is C13H28N2O2S. The molecule has 0 amide bonds. The fourth-order valence-corrected chi connectivity index (χ4v) is 3.95. The van der Waals surface area contributed by atoms with Gasteiger partial charge in [0.15, 0.2) is 0 Å². The summed E-state index contributed by atoms with van der Waals surface area (Å²) in [6.07, 6.45) is 6.12. The molecule has 1 atom stereocenters. The monoisotopic (exact) mass is 276 g/mol. The van der Waals surface area contributed by atoms with Crippen LogP contribution in [0.4, 0.5) is 0 Å². The molecule has 108 valence electrons. The van der Waals surface area contributed by atoms with Gasteiger partial charge in [0, 0.05) is 44.6 Å². The van der Waals surface area contributed by atoms with Crippen molar-refractivity contribution in [3.8, 4) is 0 Å². The molecule has 1 rings (SSSR count). The SMILES string of the molecule is COCCN(CCOC)C(CN)C1(SC)CCC1. The second kappa shape index (κ2) is 8.38. The van der Waals surface area contributed by atoms with Gasteiger partial charge < -0.3 is 15.2 Å². The number of nitrogens with two attached hydrogens (primary N) is 1. The number of ether oxygens (including phenoxy) is 2. The van der Waals surface area contributed by atoms with Gasteiger partial charge in [-0.1, -0.05) is 6.42 Å². The number of hydrogen-bond donors (Lipinski definition) is 1. The number of methoxy groups -OCH3 is 2. The Labute approximate surface area is 116 Å². The molecule has 1 aliphatic carbocycles. The van der Waals surface area contributed by atoms with E-state index in [-0.39, 0.29) is 0 Å². The summed E-state index contributed by atoms with van der Waals surface area (Å²) in [5.41, 5.74) is 6.05. The number of thioether (sulfide) groups is 1. The van der Waals surface area contributed by atoms with E-state index in [1.165, 1.54) is 19.3 Å². The fraction of sp³-hybridized carbons (Fsp3) is 1.00. The van der Waals surface area contributed by atoms with Gasteiger partial charge in [0.2, 0.25) is 0 Å². The first-order chi connectivity index (χ1) is 8.74. The molecule has 4 nitrogen and oxygen atoms in total. The molecule has 1 fully saturated rings. The summed E-state index contributed by atoms with van der Waals surface area (Å²) in [5.74, 6) is 0. The van der Waals surface area contributed by atoms with E-state index in [2.05, 4.69) is 11.2 Å². The minimum absolute atomic E-state index is 0.357. The molecule has 1 unspecified atom stereocenters. The van der Waals surface area contributed by atoms with Crippen LogP contribution in [0.3, 0.4) is 0 Å². The largest absolute Gasteiger partial charge is 0.383 e. The molecular weight excluding hydrogens is 248 g/mol. The van der Waals surface area contributed by atoms with Crippen molar-refractivity contribution >= 4 is 11.8 Å². The standard InChI is InChI=1S/C13H28N2O2S/c1-16-9-7-15(8-10-17-2)12(11-14)13(18-3)5-4-6-13/h12H,4-11,14H2,1-3H3. The average Bonchev–Trinajstić information content (AvgIpc) is 2.35. The second-order valence-corrected chi connectivity index (χ2v) is 6.12. The van der Waals surface area contributed by atoms with Gasteiger partial charge in [-0.3, -0.25) is 4.90 Å². The van der Waals surface area contributed by atoms with Gasteiger partial charge in [0.25, 0.3) is 0 Å². The van der Waals surface area contributed by atoms with Crippen LogP contribution in [-0.4, -0.2) is 69.0 Å². The van der Waals surface area contributed by atoms with Crippen LogP contribution in [0.15, 0.2) is 0 Å². The van der Waals surface area contributed by atoms with Crippen molar-refractivity contribution in [3.63, 3.8) is 0 Å². The van der Waals surface area contributed by atoms with Gasteiger partial charge in [-0.2, -0.15) is 11.8 Å². The van der Waals surface area contributed by atoms with Crippen molar-refractivity contribution in [2.24, 2.45) is 5.73 Å². The molecule has 1 saturated carbocycles. The van der Waals surface area contributed by atoms with Crippen molar-refractivity contribution in [1.82, 2.24) is 4.90 Å². The summed E-state index contributed by atoms with van der Waals surface area (Å²) >= 11 is 1.98. The number of rotatable bonds is 10. The molecule has 0 spiro atoms. The zero-order valence-electron chi connectivity index (χ0n) is 12.0. The molecule has 0 bridgehead atoms. The van der Waals surface area contributed by atoms with Crippen LogP contribution in [-0.2, 0) is 9.47 Å². The third-order valence-electron chi connectivity index (χ3n) is 4.04. The lowest BCUT2D eigenvalue weighted by Gasteiger charge is -2.50. The molecule has 1 aliphatic rings. The number of hydrogen-bond acceptors (Lipinski definition) is 5. The van der Waals surface area contributed by atoms with E-state index < -0.39 is 0 Å². The Balaban J connectivity index is 2.65. The van der Waals surface area contributed by atoms with E-state index in [1.807, 2.05) is 11.8 Å². The van der Waals surface area contributed by atoms with Gasteiger partial charge >= 0.3 is 0 Å². The third kappa shape index (κ3) is 3.84. The maximum absolute atomic E-state index is 6.05. The summed E-state index contributed by atoms with van der Waals surface area (Å²) in [4.78, 5) is 2.45. The Morgan fingerprint density at radius 2 is 1.78 bits per heavy atom. The zero-order chi connectivity index (χ0) is 13.4. The van der Waals surface area contributed by atoms with Gasteiger partial charge in [-0.05, 0) is 19.1 Å². The summed E-state index contributed by atoms with van der Waals surface area (Å²) in [5, 5.41) is 0. The highest BCUT2D eigenvalue weighted by atomic mass is 32.2. The van der Waals surface area contributed by atoms with Crippen LogP contribution < -0.4 is 5.73 Å². The van der Waals surface area contributed by atoms with Crippen LogP contribution in [0.1, 0.15) is 19.3 Å². The molecule has 0 radical (unpaired) electrons. The lowest BCUT2D eigenvalue weighted by atomic mass is 9.77. The topological polar surface area (TPSA) is 47.7 Å². The second-order valence-electron chi connectivity index (χ2n) is 4.90. The first kappa shape index (κ1) is 16.2. The van der Waals surface area contributed by atoms with Gasteiger partial charge in [0.1, 0.15) is 0 Å². The lowest BCUT2D eigenvalue weighted by molar-refractivity contribution is 0.0613. The van der Waals surface area contributed by atoms with Crippen LogP contribution in [0.5, 0.6) is 0 Å². The van der Waals surface area contributed by atoms with Crippen molar-refractivity contribution in [2.45, 2.75) is 30.1 Å². The molecule has 0 aromatic heterocycles. The van der Waals surface area contributed by atoms with E-state index in [1.54, 1.807) is 14.2 Å². The normalized spacial score (nSPS) is 19.8. The van der Waals surface area contributed by atoms with E-state index in [0.29, 0.717) is 17.3 Å². The summed E-state index contributed by atoms with van der Waals surface area (Å²) < 4.78 is 10.8. The minimum Gasteiger partial charge on any atom is -0.383 e. The van der Waals surface area contributed by atoms with Crippen molar-refractivity contribution in [3.05, 3.63) is 0 Å². The first-order valence-corrected chi connectivity index (χ1v) is 7.93. The predicted molar refractivity (Wildman–Crippen MR) is 78.3 cm³/mol. The Morgan fingerprint density at radius 1 is 1.22 bits per heavy atom. The quantitative estimate of drug-likeness (QED) is 0.649. The molecule has 0 saturated heterocycles. The molecule has 0 heterocycles. The minimum atomic E-state index is 0.357. The van der Waals surface area contributed by atoms with Crippen molar-refractivity contribution < 1.29 is 9.47 Å². The third-order valence-corrected chi connectivity index (χ3v) is 5.54. The van der Waals surface area contributed by atoms with Crippen LogP contribution in [0, 0.1) is 0 Å². The molecule has 2 N–H and O–H groups in total. The summed E-state index contributed by atoms with van der Waals surface area (Å²) in [6, 6.07) is 0.437. The Hall–Kier alpha value is 0.190. The maximum Gasteiger partial charge on any atom is 0.0589 e. The predicted octanol–water partition coefficient (Wildman–Crippen LogP) is 1.19. The van der Waals surface area contributed by atoms with Gasteiger partial charge in [-0.25, -0.2) is 0 Å². The van der Waals surface area contributed by atoms with E-state index in [9.17, 15) is 0 Å². The van der Waals surface area contributed by atoms with Crippen LogP contribution in [0.2, 0.25) is 0 Å². The highest BCUT2D eigenvalue weighted by molar-refractivity contribution is 8.00. The molecule has 0 aromatic rings. The summed E-state index contributed by atoms with van der Waals surface area (Å²) in [6.45, 7) is 4.09. The Morgan fingerprint density at radius 3 is 2.06 bits per heavy atom. The van der Waals surface area contributed by atoms with E-state index in [4.69, 9.17) is 15.2 Å². The fourth-order valence-electron chi connectivity index (χ4n) is 2.74. The Bertz CT molecular complexity index is 212. The van der Waals surface area contributed by atoms with Crippen molar-refractivity contribution in [2.75, 3.05) is 53.3 Å².